The van der Waals surface area contributed by atoms with Crippen molar-refractivity contribution in [2.24, 2.45) is 0 Å². The Balaban J connectivity index is 1.79. The van der Waals surface area contributed by atoms with Crippen molar-refractivity contribution in [1.82, 2.24) is 25.2 Å². The molecule has 3 rings (SSSR count). The van der Waals surface area contributed by atoms with Crippen molar-refractivity contribution in [3.05, 3.63) is 11.9 Å². The molecule has 0 radical (unpaired) electrons. The molecule has 2 N–H and O–H groups in total. The molecule has 2 fully saturated rings. The van der Waals surface area contributed by atoms with Gasteiger partial charge in [-0.25, -0.2) is 4.68 Å². The van der Waals surface area contributed by atoms with Crippen LogP contribution in [-0.2, 0) is 9.59 Å². The van der Waals surface area contributed by atoms with Crippen LogP contribution in [0.3, 0.4) is 0 Å². The van der Waals surface area contributed by atoms with Crippen molar-refractivity contribution in [2.75, 3.05) is 13.1 Å². The number of nitrogens with zero attached hydrogens (tertiary/aromatic N) is 4. The molecule has 0 bridgehead atoms. The van der Waals surface area contributed by atoms with E-state index in [0.29, 0.717) is 18.8 Å². The summed E-state index contributed by atoms with van der Waals surface area (Å²) in [6.07, 6.45) is 7.03. The van der Waals surface area contributed by atoms with Crippen LogP contribution in [0.4, 0.5) is 0 Å². The molecule has 138 valence electrons. The van der Waals surface area contributed by atoms with Crippen LogP contribution >= 0.6 is 0 Å². The lowest BCUT2D eigenvalue weighted by Gasteiger charge is -2.34. The Morgan fingerprint density at radius 2 is 2.16 bits per heavy atom. The number of carbonyl (C=O) groups is 2. The maximum absolute atomic E-state index is 12.5. The van der Waals surface area contributed by atoms with Gasteiger partial charge in [0.25, 0.3) is 0 Å². The number of amides is 2. The van der Waals surface area contributed by atoms with Crippen LogP contribution in [0.5, 0.6) is 0 Å². The number of piperidine rings is 1. The van der Waals surface area contributed by atoms with Crippen molar-refractivity contribution < 1.29 is 14.7 Å². The van der Waals surface area contributed by atoms with E-state index in [1.165, 1.54) is 0 Å². The third-order valence-electron chi connectivity index (χ3n) is 5.36. The molecular formula is C17H27N5O3. The monoisotopic (exact) mass is 349 g/mol. The summed E-state index contributed by atoms with van der Waals surface area (Å²) in [7, 11) is 0. The first kappa shape index (κ1) is 17.8. The Hall–Kier alpha value is -1.96. The first-order chi connectivity index (χ1) is 11.9. The van der Waals surface area contributed by atoms with Crippen LogP contribution < -0.4 is 5.32 Å². The maximum atomic E-state index is 12.5. The standard InChI is InChI=1S/C17H27N5O3/c1-3-18-15(23)16(24)21-10-5-4-7-13(21)12-11-22(20-19-12)14-8-6-9-17(14,2)25/h11,13-14,25H,3-10H2,1-2H3,(H,18,23). The van der Waals surface area contributed by atoms with Crippen LogP contribution in [0.15, 0.2) is 6.20 Å². The Bertz CT molecular complexity index is 642. The van der Waals surface area contributed by atoms with E-state index in [0.717, 1.165) is 38.5 Å². The second-order valence-electron chi connectivity index (χ2n) is 7.26. The van der Waals surface area contributed by atoms with Crippen molar-refractivity contribution in [2.45, 2.75) is 70.1 Å². The fraction of sp³-hybridized carbons (Fsp3) is 0.765. The third-order valence-corrected chi connectivity index (χ3v) is 5.36. The zero-order chi connectivity index (χ0) is 18.0. The van der Waals surface area contributed by atoms with Gasteiger partial charge < -0.3 is 15.3 Å². The van der Waals surface area contributed by atoms with Gasteiger partial charge in [-0.2, -0.15) is 0 Å². The van der Waals surface area contributed by atoms with E-state index in [9.17, 15) is 14.7 Å². The Labute approximate surface area is 147 Å². The predicted molar refractivity (Wildman–Crippen MR) is 90.5 cm³/mol. The molecule has 3 atom stereocenters. The van der Waals surface area contributed by atoms with Gasteiger partial charge in [-0.3, -0.25) is 9.59 Å². The smallest absolute Gasteiger partial charge is 0.312 e. The summed E-state index contributed by atoms with van der Waals surface area (Å²) in [5, 5.41) is 21.5. The van der Waals surface area contributed by atoms with E-state index in [4.69, 9.17) is 0 Å². The molecule has 1 saturated carbocycles. The zero-order valence-electron chi connectivity index (χ0n) is 14.9. The highest BCUT2D eigenvalue weighted by molar-refractivity contribution is 6.35. The van der Waals surface area contributed by atoms with Crippen LogP contribution in [0.2, 0.25) is 0 Å². The van der Waals surface area contributed by atoms with Crippen molar-refractivity contribution >= 4 is 11.8 Å². The second-order valence-corrected chi connectivity index (χ2v) is 7.26. The molecule has 8 heteroatoms. The van der Waals surface area contributed by atoms with Crippen LogP contribution in [-0.4, -0.2) is 55.5 Å². The zero-order valence-corrected chi connectivity index (χ0v) is 14.9. The molecule has 25 heavy (non-hydrogen) atoms. The van der Waals surface area contributed by atoms with Crippen LogP contribution in [0, 0.1) is 0 Å². The van der Waals surface area contributed by atoms with Gasteiger partial charge in [-0.1, -0.05) is 5.21 Å². The average Bonchev–Trinajstić information content (AvgIpc) is 3.20. The maximum Gasteiger partial charge on any atom is 0.312 e. The lowest BCUT2D eigenvalue weighted by Crippen LogP contribution is -2.46. The number of rotatable bonds is 3. The third kappa shape index (κ3) is 3.53. The van der Waals surface area contributed by atoms with Gasteiger partial charge in [-0.15, -0.1) is 5.10 Å². The summed E-state index contributed by atoms with van der Waals surface area (Å²) >= 11 is 0. The van der Waals surface area contributed by atoms with Gasteiger partial charge in [0, 0.05) is 13.1 Å². The van der Waals surface area contributed by atoms with Gasteiger partial charge in [0.2, 0.25) is 0 Å². The highest BCUT2D eigenvalue weighted by Gasteiger charge is 2.40. The topological polar surface area (TPSA) is 100 Å². The van der Waals surface area contributed by atoms with Crippen molar-refractivity contribution in [1.29, 1.82) is 0 Å². The van der Waals surface area contributed by atoms with Gasteiger partial charge >= 0.3 is 11.8 Å². The number of aromatic nitrogens is 3. The van der Waals surface area contributed by atoms with Crippen molar-refractivity contribution in [3.63, 3.8) is 0 Å². The summed E-state index contributed by atoms with van der Waals surface area (Å²) in [6.45, 7) is 4.60. The molecule has 0 spiro atoms. The van der Waals surface area contributed by atoms with E-state index in [1.807, 2.05) is 13.1 Å². The lowest BCUT2D eigenvalue weighted by molar-refractivity contribution is -0.148. The van der Waals surface area contributed by atoms with Crippen LogP contribution in [0.25, 0.3) is 0 Å². The summed E-state index contributed by atoms with van der Waals surface area (Å²) in [5.41, 5.74) is -0.0892. The molecular weight excluding hydrogens is 322 g/mol. The fourth-order valence-corrected chi connectivity index (χ4v) is 3.99. The van der Waals surface area contributed by atoms with Gasteiger partial charge in [0.1, 0.15) is 5.69 Å². The minimum Gasteiger partial charge on any atom is -0.388 e. The SMILES string of the molecule is CCNC(=O)C(=O)N1CCCCC1c1cn(C2CCCC2(C)O)nn1. The van der Waals surface area contributed by atoms with E-state index >= 15 is 0 Å². The highest BCUT2D eigenvalue weighted by atomic mass is 16.3. The molecule has 1 aromatic heterocycles. The van der Waals surface area contributed by atoms with Crippen LogP contribution in [0.1, 0.15) is 70.2 Å². The number of carbonyl (C=O) groups excluding carboxylic acids is 2. The Kier molecular flexibility index (Phi) is 5.08. The van der Waals surface area contributed by atoms with Gasteiger partial charge in [-0.05, 0) is 52.4 Å². The molecule has 1 aromatic rings. The summed E-state index contributed by atoms with van der Waals surface area (Å²) in [6, 6.07) is -0.325. The number of hydrogen-bond donors (Lipinski definition) is 2. The first-order valence-electron chi connectivity index (χ1n) is 9.17. The first-order valence-corrected chi connectivity index (χ1v) is 9.17. The second kappa shape index (κ2) is 7.11. The van der Waals surface area contributed by atoms with Gasteiger partial charge in [0.15, 0.2) is 0 Å². The van der Waals surface area contributed by atoms with E-state index < -0.39 is 17.4 Å². The number of aliphatic hydroxyl groups is 1. The minimum absolute atomic E-state index is 0.0927. The van der Waals surface area contributed by atoms with E-state index in [-0.39, 0.29) is 12.1 Å². The Morgan fingerprint density at radius 3 is 2.84 bits per heavy atom. The summed E-state index contributed by atoms with van der Waals surface area (Å²) in [4.78, 5) is 26.0. The number of nitrogens with one attached hydrogen (secondary N) is 1. The molecule has 2 aliphatic rings. The largest absolute Gasteiger partial charge is 0.388 e. The lowest BCUT2D eigenvalue weighted by atomic mass is 9.99. The summed E-state index contributed by atoms with van der Waals surface area (Å²) < 4.78 is 1.73. The molecule has 1 saturated heterocycles. The highest BCUT2D eigenvalue weighted by Crippen LogP contribution is 2.39. The molecule has 2 amide bonds. The van der Waals surface area contributed by atoms with E-state index in [2.05, 4.69) is 15.6 Å². The molecule has 2 heterocycles. The molecule has 3 unspecified atom stereocenters. The molecule has 8 nitrogen and oxygen atoms in total. The Morgan fingerprint density at radius 1 is 1.36 bits per heavy atom. The molecule has 1 aliphatic carbocycles. The molecule has 1 aliphatic heterocycles. The van der Waals surface area contributed by atoms with Gasteiger partial charge in [0.05, 0.1) is 23.9 Å². The molecule has 0 aromatic carbocycles. The minimum atomic E-state index is -0.784. The number of likely N-dealkylation sites (tertiary alicyclic amines) is 1. The quantitative estimate of drug-likeness (QED) is 0.791. The number of likely N-dealkylation sites (N-methyl/N-ethyl adjacent to an activating group) is 1. The number of hydrogen-bond acceptors (Lipinski definition) is 5. The normalized spacial score (nSPS) is 29.6. The summed E-state index contributed by atoms with van der Waals surface area (Å²) in [5.74, 6) is -1.07. The predicted octanol–water partition coefficient (Wildman–Crippen LogP) is 0.944. The van der Waals surface area contributed by atoms with Crippen molar-refractivity contribution in [3.8, 4) is 0 Å². The fourth-order valence-electron chi connectivity index (χ4n) is 3.99. The van der Waals surface area contributed by atoms with E-state index in [1.54, 1.807) is 16.5 Å². The average molecular weight is 349 g/mol.